The molecule has 0 unspecified atom stereocenters. The highest BCUT2D eigenvalue weighted by Crippen LogP contribution is 2.28. The van der Waals surface area contributed by atoms with Gasteiger partial charge in [-0.25, -0.2) is 4.98 Å². The van der Waals surface area contributed by atoms with Gasteiger partial charge in [-0.1, -0.05) is 23.4 Å². The minimum Gasteiger partial charge on any atom is -0.492 e. The Morgan fingerprint density at radius 3 is 3.05 bits per heavy atom. The molecule has 2 aromatic rings. The van der Waals surface area contributed by atoms with Crippen LogP contribution in [0.1, 0.15) is 5.69 Å². The Hall–Kier alpha value is -0.760. The SMILES string of the molecule is O=C(O)Cc1csc(SCCOc2ccc(Cl)cc2Br)n1. The van der Waals surface area contributed by atoms with Crippen LogP contribution in [0.15, 0.2) is 32.4 Å². The van der Waals surface area contributed by atoms with Gasteiger partial charge in [-0.3, -0.25) is 4.79 Å². The normalized spacial score (nSPS) is 10.6. The van der Waals surface area contributed by atoms with Crippen molar-refractivity contribution in [2.24, 2.45) is 0 Å². The molecule has 21 heavy (non-hydrogen) atoms. The number of benzene rings is 1. The third-order valence-electron chi connectivity index (χ3n) is 2.32. The van der Waals surface area contributed by atoms with Gasteiger partial charge < -0.3 is 9.84 Å². The number of thiazole rings is 1. The number of carboxylic acid groups (broad SMARTS) is 1. The molecule has 4 nitrogen and oxygen atoms in total. The highest BCUT2D eigenvalue weighted by atomic mass is 79.9. The second-order valence-corrected chi connectivity index (χ2v) is 7.44. The van der Waals surface area contributed by atoms with Crippen LogP contribution >= 0.6 is 50.6 Å². The summed E-state index contributed by atoms with van der Waals surface area (Å²) in [5.74, 6) is 0.605. The maximum absolute atomic E-state index is 10.6. The first-order chi connectivity index (χ1) is 10.0. The van der Waals surface area contributed by atoms with E-state index in [2.05, 4.69) is 20.9 Å². The summed E-state index contributed by atoms with van der Waals surface area (Å²) in [6.45, 7) is 0.527. The second kappa shape index (κ2) is 8.03. The van der Waals surface area contributed by atoms with Crippen molar-refractivity contribution in [3.8, 4) is 5.75 Å². The summed E-state index contributed by atoms with van der Waals surface area (Å²) in [5, 5.41) is 11.1. The molecule has 0 saturated heterocycles. The standard InChI is InChI=1S/C13H11BrClNO3S2/c14-10-5-8(15)1-2-11(10)19-3-4-20-13-16-9(7-21-13)6-12(17)18/h1-2,5,7H,3-4,6H2,(H,17,18). The van der Waals surface area contributed by atoms with Crippen LogP contribution in [0.2, 0.25) is 5.02 Å². The molecule has 0 atom stereocenters. The first-order valence-corrected chi connectivity index (χ1v) is 8.95. The molecule has 0 saturated carbocycles. The van der Waals surface area contributed by atoms with E-state index in [1.165, 1.54) is 11.3 Å². The minimum absolute atomic E-state index is 0.0364. The van der Waals surface area contributed by atoms with Crippen molar-refractivity contribution in [3.63, 3.8) is 0 Å². The predicted octanol–water partition coefficient (Wildman–Crippen LogP) is 4.36. The van der Waals surface area contributed by atoms with E-state index >= 15 is 0 Å². The van der Waals surface area contributed by atoms with Crippen molar-refractivity contribution >= 4 is 56.6 Å². The summed E-state index contributed by atoms with van der Waals surface area (Å²) in [4.78, 5) is 14.8. The molecule has 0 spiro atoms. The molecule has 8 heteroatoms. The topological polar surface area (TPSA) is 59.4 Å². The Balaban J connectivity index is 1.76. The fourth-order valence-electron chi connectivity index (χ4n) is 1.46. The molecule has 0 radical (unpaired) electrons. The average Bonchev–Trinajstić information content (AvgIpc) is 2.83. The van der Waals surface area contributed by atoms with Crippen molar-refractivity contribution in [1.82, 2.24) is 4.98 Å². The van der Waals surface area contributed by atoms with Gasteiger partial charge in [0.15, 0.2) is 0 Å². The minimum atomic E-state index is -0.868. The highest BCUT2D eigenvalue weighted by molar-refractivity contribution is 9.10. The monoisotopic (exact) mass is 407 g/mol. The Kier molecular flexibility index (Phi) is 6.35. The summed E-state index contributed by atoms with van der Waals surface area (Å²) >= 11 is 12.2. The lowest BCUT2D eigenvalue weighted by molar-refractivity contribution is -0.136. The number of aromatic nitrogens is 1. The lowest BCUT2D eigenvalue weighted by Crippen LogP contribution is -2.01. The van der Waals surface area contributed by atoms with Gasteiger partial charge in [-0.15, -0.1) is 11.3 Å². The first-order valence-electron chi connectivity index (χ1n) is 5.91. The van der Waals surface area contributed by atoms with E-state index in [1.807, 2.05) is 6.07 Å². The van der Waals surface area contributed by atoms with Crippen LogP contribution in [0.4, 0.5) is 0 Å². The third kappa shape index (κ3) is 5.50. The number of rotatable bonds is 7. The number of hydrogen-bond acceptors (Lipinski definition) is 5. The van der Waals surface area contributed by atoms with Crippen LogP contribution in [0, 0.1) is 0 Å². The number of thioether (sulfide) groups is 1. The molecular formula is C13H11BrClNO3S2. The molecule has 0 bridgehead atoms. The molecule has 0 amide bonds. The lowest BCUT2D eigenvalue weighted by Gasteiger charge is -2.07. The van der Waals surface area contributed by atoms with Gasteiger partial charge in [-0.2, -0.15) is 0 Å². The Morgan fingerprint density at radius 1 is 1.52 bits per heavy atom. The number of hydrogen-bond donors (Lipinski definition) is 1. The third-order valence-corrected chi connectivity index (χ3v) is 5.21. The lowest BCUT2D eigenvalue weighted by atomic mass is 10.3. The number of carbonyl (C=O) groups is 1. The highest BCUT2D eigenvalue weighted by Gasteiger charge is 2.07. The smallest absolute Gasteiger partial charge is 0.309 e. The van der Waals surface area contributed by atoms with Gasteiger partial charge in [-0.05, 0) is 34.1 Å². The number of nitrogens with zero attached hydrogens (tertiary/aromatic N) is 1. The van der Waals surface area contributed by atoms with Crippen molar-refractivity contribution in [3.05, 3.63) is 38.8 Å². The van der Waals surface area contributed by atoms with Crippen LogP contribution in [0.25, 0.3) is 0 Å². The van der Waals surface area contributed by atoms with Crippen molar-refractivity contribution in [2.75, 3.05) is 12.4 Å². The first kappa shape index (κ1) is 16.6. The number of aliphatic carboxylic acids is 1. The summed E-state index contributed by atoms with van der Waals surface area (Å²) in [7, 11) is 0. The summed E-state index contributed by atoms with van der Waals surface area (Å²) in [5.41, 5.74) is 0.594. The number of carboxylic acids is 1. The molecule has 1 aromatic carbocycles. The molecule has 0 aliphatic heterocycles. The molecule has 1 heterocycles. The molecule has 1 N–H and O–H groups in total. The Morgan fingerprint density at radius 2 is 2.33 bits per heavy atom. The van der Waals surface area contributed by atoms with Crippen molar-refractivity contribution in [1.29, 1.82) is 0 Å². The predicted molar refractivity (Wildman–Crippen MR) is 88.8 cm³/mol. The van der Waals surface area contributed by atoms with E-state index in [9.17, 15) is 4.79 Å². The van der Waals surface area contributed by atoms with E-state index in [-0.39, 0.29) is 6.42 Å². The summed E-state index contributed by atoms with van der Waals surface area (Å²) in [6.07, 6.45) is -0.0364. The number of ether oxygens (including phenoxy) is 1. The zero-order valence-electron chi connectivity index (χ0n) is 10.7. The van der Waals surface area contributed by atoms with Gasteiger partial charge in [0.1, 0.15) is 10.1 Å². The summed E-state index contributed by atoms with van der Waals surface area (Å²) in [6, 6.07) is 5.36. The maximum atomic E-state index is 10.6. The maximum Gasteiger partial charge on any atom is 0.309 e. The summed E-state index contributed by atoms with van der Waals surface area (Å²) < 4.78 is 7.31. The molecule has 112 valence electrons. The van der Waals surface area contributed by atoms with Crippen molar-refractivity contribution in [2.45, 2.75) is 10.8 Å². The van der Waals surface area contributed by atoms with Gasteiger partial charge >= 0.3 is 5.97 Å². The van der Waals surface area contributed by atoms with Crippen LogP contribution in [-0.2, 0) is 11.2 Å². The fourth-order valence-corrected chi connectivity index (χ4v) is 3.99. The van der Waals surface area contributed by atoms with E-state index in [4.69, 9.17) is 21.4 Å². The van der Waals surface area contributed by atoms with Crippen LogP contribution < -0.4 is 4.74 Å². The average molecular weight is 409 g/mol. The van der Waals surface area contributed by atoms with Crippen LogP contribution in [0.3, 0.4) is 0 Å². The molecule has 0 aliphatic rings. The largest absolute Gasteiger partial charge is 0.492 e. The van der Waals surface area contributed by atoms with Crippen LogP contribution in [0.5, 0.6) is 5.75 Å². The molecule has 2 rings (SSSR count). The fraction of sp³-hybridized carbons (Fsp3) is 0.231. The Bertz CT molecular complexity index is 636. The molecular weight excluding hydrogens is 398 g/mol. The van der Waals surface area contributed by atoms with Gasteiger partial charge in [0.25, 0.3) is 0 Å². The zero-order valence-corrected chi connectivity index (χ0v) is 14.7. The van der Waals surface area contributed by atoms with E-state index < -0.39 is 5.97 Å². The van der Waals surface area contributed by atoms with Gasteiger partial charge in [0, 0.05) is 16.2 Å². The van der Waals surface area contributed by atoms with Crippen LogP contribution in [-0.4, -0.2) is 28.4 Å². The molecule has 0 aliphatic carbocycles. The van der Waals surface area contributed by atoms with Gasteiger partial charge in [0.05, 0.1) is 23.2 Å². The zero-order chi connectivity index (χ0) is 15.2. The molecule has 1 aromatic heterocycles. The van der Waals surface area contributed by atoms with Crippen molar-refractivity contribution < 1.29 is 14.6 Å². The Labute approximate surface area is 143 Å². The number of halogens is 2. The van der Waals surface area contributed by atoms with Gasteiger partial charge in [0.2, 0.25) is 0 Å². The quantitative estimate of drug-likeness (QED) is 0.545. The van der Waals surface area contributed by atoms with E-state index in [1.54, 1.807) is 29.3 Å². The molecule has 0 fully saturated rings. The second-order valence-electron chi connectivity index (χ2n) is 3.95. The van der Waals surface area contributed by atoms with E-state index in [0.29, 0.717) is 17.3 Å². The van der Waals surface area contributed by atoms with E-state index in [0.717, 1.165) is 20.3 Å².